The number of hydrogen-bond donors (Lipinski definition) is 1. The van der Waals surface area contributed by atoms with Crippen LogP contribution in [-0.4, -0.2) is 11.2 Å². The van der Waals surface area contributed by atoms with Crippen molar-refractivity contribution >= 4 is 0 Å². The third-order valence-electron chi connectivity index (χ3n) is 4.36. The quantitative estimate of drug-likeness (QED) is 0.720. The molecule has 0 radical (unpaired) electrons. The molecule has 0 heterocycles. The zero-order chi connectivity index (χ0) is 12.5. The summed E-state index contributed by atoms with van der Waals surface area (Å²) in [7, 11) is 0. The molecule has 0 spiro atoms. The van der Waals surface area contributed by atoms with E-state index in [1.807, 2.05) is 13.0 Å². The molecule has 1 N–H and O–H groups in total. The van der Waals surface area contributed by atoms with E-state index in [-0.39, 0.29) is 17.4 Å². The van der Waals surface area contributed by atoms with Crippen LogP contribution in [0.4, 0.5) is 0 Å². The van der Waals surface area contributed by atoms with Crippen molar-refractivity contribution in [2.24, 2.45) is 23.2 Å². The lowest BCUT2D eigenvalue weighted by atomic mass is 9.59. The molecule has 0 aromatic rings. The summed E-state index contributed by atoms with van der Waals surface area (Å²) in [5.41, 5.74) is 1.09. The molecule has 1 rings (SSSR count). The second-order valence-corrected chi connectivity index (χ2v) is 5.97. The smallest absolute Gasteiger partial charge is 0.0644 e. The number of hydrogen-bond acceptors (Lipinski definition) is 1. The Morgan fingerprint density at radius 2 is 2.06 bits per heavy atom. The zero-order valence-electron chi connectivity index (χ0n) is 11.2. The van der Waals surface area contributed by atoms with Crippen molar-refractivity contribution < 1.29 is 5.11 Å². The molecule has 0 amide bonds. The summed E-state index contributed by atoms with van der Waals surface area (Å²) in [6, 6.07) is 0. The minimum atomic E-state index is -0.269. The van der Waals surface area contributed by atoms with Gasteiger partial charge in [-0.3, -0.25) is 0 Å². The van der Waals surface area contributed by atoms with Gasteiger partial charge in [0.05, 0.1) is 6.10 Å². The molecule has 1 heteroatoms. The molecule has 0 saturated heterocycles. The van der Waals surface area contributed by atoms with Crippen LogP contribution in [0.15, 0.2) is 24.8 Å². The van der Waals surface area contributed by atoms with Crippen molar-refractivity contribution in [2.45, 2.75) is 46.6 Å². The summed E-state index contributed by atoms with van der Waals surface area (Å²) < 4.78 is 0. The van der Waals surface area contributed by atoms with Crippen molar-refractivity contribution in [1.82, 2.24) is 0 Å². The predicted octanol–water partition coefficient (Wildman–Crippen LogP) is 3.80. The summed E-state index contributed by atoms with van der Waals surface area (Å²) in [6.07, 6.45) is 3.93. The van der Waals surface area contributed by atoms with Gasteiger partial charge in [-0.25, -0.2) is 0 Å². The molecular formula is C15H26O. The highest BCUT2D eigenvalue weighted by Crippen LogP contribution is 2.48. The lowest BCUT2D eigenvalue weighted by Gasteiger charge is -2.48. The monoisotopic (exact) mass is 222 g/mol. The number of aliphatic hydroxyl groups is 1. The van der Waals surface area contributed by atoms with Crippen molar-refractivity contribution in [3.8, 4) is 0 Å². The topological polar surface area (TPSA) is 20.2 Å². The van der Waals surface area contributed by atoms with Crippen LogP contribution >= 0.6 is 0 Å². The van der Waals surface area contributed by atoms with E-state index in [0.29, 0.717) is 11.8 Å². The van der Waals surface area contributed by atoms with Gasteiger partial charge < -0.3 is 5.11 Å². The van der Waals surface area contributed by atoms with Gasteiger partial charge in [0.25, 0.3) is 0 Å². The van der Waals surface area contributed by atoms with Crippen molar-refractivity contribution in [1.29, 1.82) is 0 Å². The zero-order valence-corrected chi connectivity index (χ0v) is 11.2. The molecule has 0 aliphatic heterocycles. The van der Waals surface area contributed by atoms with Crippen LogP contribution in [-0.2, 0) is 0 Å². The van der Waals surface area contributed by atoms with Crippen molar-refractivity contribution in [2.75, 3.05) is 0 Å². The number of aliphatic hydroxyl groups excluding tert-OH is 1. The fourth-order valence-corrected chi connectivity index (χ4v) is 3.25. The summed E-state index contributed by atoms with van der Waals surface area (Å²) in [4.78, 5) is 0. The highest BCUT2D eigenvalue weighted by Gasteiger charge is 2.45. The number of allylic oxidation sites excluding steroid dienone is 1. The molecule has 1 saturated carbocycles. The molecule has 1 nitrogen and oxygen atoms in total. The lowest BCUT2D eigenvalue weighted by molar-refractivity contribution is -0.0362. The third kappa shape index (κ3) is 2.24. The van der Waals surface area contributed by atoms with E-state index in [1.54, 1.807) is 0 Å². The SMILES string of the molecule is C=CC1(C)CCC(C(C)C)C(O)C1C(=C)C. The van der Waals surface area contributed by atoms with Crippen LogP contribution in [0.3, 0.4) is 0 Å². The van der Waals surface area contributed by atoms with Crippen molar-refractivity contribution in [3.63, 3.8) is 0 Å². The first-order valence-electron chi connectivity index (χ1n) is 6.30. The fraction of sp³-hybridized carbons (Fsp3) is 0.733. The van der Waals surface area contributed by atoms with Crippen LogP contribution in [0.25, 0.3) is 0 Å². The molecule has 0 aromatic heterocycles. The maximum Gasteiger partial charge on any atom is 0.0644 e. The Balaban J connectivity index is 3.01. The Morgan fingerprint density at radius 3 is 2.44 bits per heavy atom. The first-order valence-corrected chi connectivity index (χ1v) is 6.30. The standard InChI is InChI=1S/C15H26O/c1-7-15(6)9-8-12(10(2)3)14(16)13(15)11(4)5/h7,10,12-14,16H,1,4,8-9H2,2-3,5-6H3. The average Bonchev–Trinajstić information content (AvgIpc) is 2.16. The summed E-state index contributed by atoms with van der Waals surface area (Å²) in [6.45, 7) is 16.6. The van der Waals surface area contributed by atoms with Crippen LogP contribution in [0.1, 0.15) is 40.5 Å². The minimum absolute atomic E-state index is 0.0106. The second kappa shape index (κ2) is 4.75. The molecule has 16 heavy (non-hydrogen) atoms. The molecule has 92 valence electrons. The molecule has 1 aliphatic carbocycles. The van der Waals surface area contributed by atoms with Gasteiger partial charge in [0.2, 0.25) is 0 Å². The van der Waals surface area contributed by atoms with Gasteiger partial charge in [0.15, 0.2) is 0 Å². The summed E-state index contributed by atoms with van der Waals surface area (Å²) in [5.74, 6) is 1.09. The number of rotatable bonds is 3. The summed E-state index contributed by atoms with van der Waals surface area (Å²) in [5, 5.41) is 10.5. The highest BCUT2D eigenvalue weighted by molar-refractivity contribution is 5.15. The molecular weight excluding hydrogens is 196 g/mol. The first kappa shape index (κ1) is 13.5. The van der Waals surface area contributed by atoms with Crippen LogP contribution in [0.2, 0.25) is 0 Å². The van der Waals surface area contributed by atoms with E-state index in [1.165, 1.54) is 0 Å². The van der Waals surface area contributed by atoms with Gasteiger partial charge in [-0.15, -0.1) is 6.58 Å². The molecule has 0 aromatic carbocycles. The Hall–Kier alpha value is -0.560. The summed E-state index contributed by atoms with van der Waals surface area (Å²) >= 11 is 0. The predicted molar refractivity (Wildman–Crippen MR) is 70.2 cm³/mol. The molecule has 1 fully saturated rings. The van der Waals surface area contributed by atoms with Gasteiger partial charge in [0, 0.05) is 5.92 Å². The first-order chi connectivity index (χ1) is 7.33. The van der Waals surface area contributed by atoms with E-state index in [4.69, 9.17) is 0 Å². The van der Waals surface area contributed by atoms with E-state index < -0.39 is 0 Å². The minimum Gasteiger partial charge on any atom is -0.392 e. The molecule has 1 aliphatic rings. The van der Waals surface area contributed by atoms with Gasteiger partial charge >= 0.3 is 0 Å². The van der Waals surface area contributed by atoms with E-state index in [9.17, 15) is 5.11 Å². The van der Waals surface area contributed by atoms with Gasteiger partial charge in [-0.1, -0.05) is 39.0 Å². The highest BCUT2D eigenvalue weighted by atomic mass is 16.3. The fourth-order valence-electron chi connectivity index (χ4n) is 3.25. The van der Waals surface area contributed by atoms with Crippen molar-refractivity contribution in [3.05, 3.63) is 24.8 Å². The third-order valence-corrected chi connectivity index (χ3v) is 4.36. The maximum absolute atomic E-state index is 10.5. The van der Waals surface area contributed by atoms with E-state index >= 15 is 0 Å². The van der Waals surface area contributed by atoms with Gasteiger partial charge in [0.1, 0.15) is 0 Å². The molecule has 4 unspecified atom stereocenters. The Bertz CT molecular complexity index is 279. The Morgan fingerprint density at radius 1 is 1.50 bits per heavy atom. The van der Waals surface area contributed by atoms with Crippen LogP contribution < -0.4 is 0 Å². The normalized spacial score (nSPS) is 39.8. The van der Waals surface area contributed by atoms with Crippen LogP contribution in [0, 0.1) is 23.2 Å². The molecule has 0 bridgehead atoms. The van der Waals surface area contributed by atoms with E-state index in [2.05, 4.69) is 33.9 Å². The van der Waals surface area contributed by atoms with Crippen LogP contribution in [0.5, 0.6) is 0 Å². The maximum atomic E-state index is 10.5. The average molecular weight is 222 g/mol. The Kier molecular flexibility index (Phi) is 4.01. The molecule has 4 atom stereocenters. The van der Waals surface area contributed by atoms with E-state index in [0.717, 1.165) is 18.4 Å². The second-order valence-electron chi connectivity index (χ2n) is 5.97. The largest absolute Gasteiger partial charge is 0.392 e. The Labute approximate surface area is 100 Å². The lowest BCUT2D eigenvalue weighted by Crippen LogP contribution is -2.46. The van der Waals surface area contributed by atoms with Gasteiger partial charge in [-0.05, 0) is 37.0 Å². The van der Waals surface area contributed by atoms with Gasteiger partial charge in [-0.2, -0.15) is 0 Å².